The van der Waals surface area contributed by atoms with E-state index in [0.717, 1.165) is 25.7 Å². The molecule has 282 valence electrons. The van der Waals surface area contributed by atoms with Crippen LogP contribution in [0.1, 0.15) is 66.6 Å². The molecule has 1 saturated heterocycles. The fourth-order valence-corrected chi connectivity index (χ4v) is 6.81. The molecule has 3 aromatic rings. The van der Waals surface area contributed by atoms with Gasteiger partial charge in [0, 0.05) is 21.0 Å². The van der Waals surface area contributed by atoms with Gasteiger partial charge in [-0.05, 0) is 56.0 Å². The van der Waals surface area contributed by atoms with Crippen LogP contribution in [0.4, 0.5) is 5.82 Å². The Balaban J connectivity index is 1.71. The summed E-state index contributed by atoms with van der Waals surface area (Å²) >= 11 is 0. The minimum absolute atomic E-state index is 0.0665. The number of carbonyl (C=O) groups excluding carboxylic acids is 3. The van der Waals surface area contributed by atoms with E-state index in [4.69, 9.17) is 38.5 Å². The Hall–Kier alpha value is -4.59. The minimum Gasteiger partial charge on any atom is -0.461 e. The second-order valence-electron chi connectivity index (χ2n) is 13.8. The number of methoxy groups -OCH3 is 1. The second-order valence-corrected chi connectivity index (χ2v) is 15.5. The molecule has 17 nitrogen and oxygen atoms in total. The van der Waals surface area contributed by atoms with Gasteiger partial charge in [0.15, 0.2) is 18.0 Å². The monoisotopic (exact) mass is 744 g/mol. The highest BCUT2D eigenvalue weighted by atomic mass is 31.2. The summed E-state index contributed by atoms with van der Waals surface area (Å²) in [4.78, 5) is 41.8. The second kappa shape index (κ2) is 15.6. The molecular weight excluding hydrogens is 699 g/mol. The predicted octanol–water partition coefficient (Wildman–Crippen LogP) is 3.74. The van der Waals surface area contributed by atoms with Gasteiger partial charge in [-0.1, -0.05) is 32.9 Å². The van der Waals surface area contributed by atoms with Crippen LogP contribution in [0.3, 0.4) is 0 Å². The summed E-state index contributed by atoms with van der Waals surface area (Å²) in [5, 5.41) is 17.5. The highest BCUT2D eigenvalue weighted by molar-refractivity contribution is 7.52. The molecule has 18 heteroatoms. The molecule has 0 spiro atoms. The lowest BCUT2D eigenvalue weighted by molar-refractivity contribution is -0.166. The fraction of sp³-hybridized carbons (Fsp3) is 0.529. The number of nitrogens with two attached hydrogens (primary N) is 1. The van der Waals surface area contributed by atoms with Crippen molar-refractivity contribution in [2.75, 3.05) is 26.1 Å². The average Bonchev–Trinajstić information content (AvgIpc) is 3.63. The first kappa shape index (κ1) is 40.2. The maximum Gasteiger partial charge on any atom is 0.459 e. The van der Waals surface area contributed by atoms with Crippen molar-refractivity contribution in [2.24, 2.45) is 0 Å². The molecule has 3 N–H and O–H groups in total. The number of esters is 3. The van der Waals surface area contributed by atoms with Crippen LogP contribution in [-0.2, 0) is 58.2 Å². The lowest BCUT2D eigenvalue weighted by atomic mass is 9.87. The molecule has 1 fully saturated rings. The zero-order valence-electron chi connectivity index (χ0n) is 30.6. The Bertz CT molecular complexity index is 1870. The molecule has 52 heavy (non-hydrogen) atoms. The van der Waals surface area contributed by atoms with Crippen molar-refractivity contribution in [3.63, 3.8) is 0 Å². The van der Waals surface area contributed by atoms with E-state index in [1.54, 1.807) is 38.1 Å². The summed E-state index contributed by atoms with van der Waals surface area (Å²) in [6, 6.07) is 10.6. The number of rotatable bonds is 14. The number of hydrogen-bond donors (Lipinski definition) is 2. The largest absolute Gasteiger partial charge is 0.461 e. The Labute approximate surface area is 301 Å². The van der Waals surface area contributed by atoms with E-state index in [0.29, 0.717) is 5.52 Å². The van der Waals surface area contributed by atoms with Crippen LogP contribution in [0.25, 0.3) is 5.52 Å². The fourth-order valence-electron chi connectivity index (χ4n) is 5.31. The van der Waals surface area contributed by atoms with Crippen molar-refractivity contribution in [1.82, 2.24) is 19.7 Å². The first-order valence-electron chi connectivity index (χ1n) is 16.3. The van der Waals surface area contributed by atoms with Crippen molar-refractivity contribution in [3.8, 4) is 11.8 Å². The topological polar surface area (TPSA) is 225 Å². The lowest BCUT2D eigenvalue weighted by Crippen LogP contribution is -2.45. The van der Waals surface area contributed by atoms with E-state index in [-0.39, 0.29) is 29.3 Å². The first-order valence-corrected chi connectivity index (χ1v) is 17.8. The van der Waals surface area contributed by atoms with E-state index in [9.17, 15) is 24.2 Å². The molecule has 0 bridgehead atoms. The van der Waals surface area contributed by atoms with E-state index in [1.165, 1.54) is 30.7 Å². The van der Waals surface area contributed by atoms with Gasteiger partial charge in [-0.2, -0.15) is 15.4 Å². The summed E-state index contributed by atoms with van der Waals surface area (Å²) in [7, 11) is -3.06. The van der Waals surface area contributed by atoms with Gasteiger partial charge < -0.3 is 33.9 Å². The third-order valence-corrected chi connectivity index (χ3v) is 9.84. The molecule has 6 atom stereocenters. The Kier molecular flexibility index (Phi) is 12.0. The van der Waals surface area contributed by atoms with Crippen LogP contribution in [0.15, 0.2) is 42.7 Å². The summed E-state index contributed by atoms with van der Waals surface area (Å²) in [5.41, 5.74) is 4.24. The van der Waals surface area contributed by atoms with E-state index in [2.05, 4.69) is 21.2 Å². The predicted molar refractivity (Wildman–Crippen MR) is 185 cm³/mol. The number of benzene rings is 1. The molecular formula is C34H45N6O11P. The lowest BCUT2D eigenvalue weighted by Gasteiger charge is -2.28. The summed E-state index contributed by atoms with van der Waals surface area (Å²) in [5.74, 6) is -2.18. The summed E-state index contributed by atoms with van der Waals surface area (Å²) in [6.07, 6.45) is -3.28. The molecule has 1 aliphatic rings. The van der Waals surface area contributed by atoms with E-state index >= 15 is 0 Å². The van der Waals surface area contributed by atoms with Gasteiger partial charge in [-0.3, -0.25) is 18.9 Å². The van der Waals surface area contributed by atoms with Gasteiger partial charge in [0.05, 0.1) is 17.9 Å². The van der Waals surface area contributed by atoms with Gasteiger partial charge in [-0.25, -0.2) is 14.1 Å². The van der Waals surface area contributed by atoms with Gasteiger partial charge in [0.1, 0.15) is 42.4 Å². The molecule has 2 aromatic heterocycles. The number of hydrogen-bond acceptors (Lipinski definition) is 15. The summed E-state index contributed by atoms with van der Waals surface area (Å²) in [6.45, 7) is 12.4. The first-order chi connectivity index (χ1) is 24.2. The molecule has 1 aliphatic heterocycles. The van der Waals surface area contributed by atoms with Gasteiger partial charge in [0.2, 0.25) is 5.60 Å². The van der Waals surface area contributed by atoms with E-state index in [1.807, 2.05) is 20.8 Å². The quantitative estimate of drug-likeness (QED) is 0.136. The standard InChI is InChI=1S/C34H45N6O11P/c1-20(31(43)46-18-33(7,8)45-9)39-52(44,51-24-12-10-23(11-13-24)32(4,5)6)47-16-26-28(48-21(2)41)29(49-22(3)42)34(17-35,50-26)27-15-14-25-30(36)37-19-38-40(25)27/h10-15,19-20,26,28-29H,16,18H2,1-9H3,(H,39,44)(H2,36,37,38)/t20-,26+,28+,29+,34-,52?/m0/s1. The molecule has 3 heterocycles. The maximum absolute atomic E-state index is 14.5. The van der Waals surface area contributed by atoms with Crippen molar-refractivity contribution < 1.29 is 51.7 Å². The van der Waals surface area contributed by atoms with E-state index < -0.39 is 67.8 Å². The maximum atomic E-state index is 14.5. The molecule has 0 amide bonds. The minimum atomic E-state index is -4.53. The molecule has 0 radical (unpaired) electrons. The Morgan fingerprint density at radius 1 is 1.10 bits per heavy atom. The van der Waals surface area contributed by atoms with Crippen LogP contribution >= 0.6 is 7.75 Å². The summed E-state index contributed by atoms with van der Waals surface area (Å²) < 4.78 is 55.7. The van der Waals surface area contributed by atoms with Crippen LogP contribution in [0.2, 0.25) is 0 Å². The van der Waals surface area contributed by atoms with Gasteiger partial charge in [-0.15, -0.1) is 0 Å². The number of fused-ring (bicyclic) bond motifs is 1. The smallest absolute Gasteiger partial charge is 0.459 e. The van der Waals surface area contributed by atoms with Crippen molar-refractivity contribution in [2.45, 2.75) is 96.4 Å². The number of aromatic nitrogens is 3. The third kappa shape index (κ3) is 9.06. The highest BCUT2D eigenvalue weighted by Gasteiger charge is 2.62. The zero-order valence-corrected chi connectivity index (χ0v) is 31.5. The third-order valence-electron chi connectivity index (χ3n) is 8.20. The van der Waals surface area contributed by atoms with Gasteiger partial charge >= 0.3 is 25.7 Å². The number of nitrogens with one attached hydrogen (secondary N) is 1. The highest BCUT2D eigenvalue weighted by Crippen LogP contribution is 2.48. The normalized spacial score (nSPS) is 22.2. The number of carbonyl (C=O) groups is 3. The SMILES string of the molecule is COC(C)(C)COC(=O)[C@H](C)NP(=O)(OC[C@H]1O[C@@](C#N)(c2ccc3c(N)ncnn23)[C@H](OC(C)=O)[C@@H]1OC(C)=O)Oc1ccc(C(C)(C)C)cc1. The van der Waals surface area contributed by atoms with Crippen molar-refractivity contribution in [3.05, 3.63) is 54.0 Å². The van der Waals surface area contributed by atoms with Crippen LogP contribution in [0, 0.1) is 11.3 Å². The van der Waals surface area contributed by atoms with Gasteiger partial charge in [0.25, 0.3) is 0 Å². The van der Waals surface area contributed by atoms with Crippen LogP contribution in [0.5, 0.6) is 5.75 Å². The molecule has 4 rings (SSSR count). The molecule has 0 saturated carbocycles. The van der Waals surface area contributed by atoms with Crippen molar-refractivity contribution >= 4 is 37.0 Å². The number of nitrogens with zero attached hydrogens (tertiary/aromatic N) is 4. The Morgan fingerprint density at radius 3 is 2.33 bits per heavy atom. The molecule has 1 unspecified atom stereocenters. The number of ether oxygens (including phenoxy) is 5. The van der Waals surface area contributed by atoms with Crippen LogP contribution in [-0.4, -0.2) is 82.8 Å². The zero-order chi connectivity index (χ0) is 38.6. The number of nitriles is 1. The van der Waals surface area contributed by atoms with Crippen LogP contribution < -0.4 is 15.3 Å². The molecule has 1 aromatic carbocycles. The Morgan fingerprint density at radius 2 is 1.75 bits per heavy atom. The average molecular weight is 745 g/mol. The molecule has 0 aliphatic carbocycles. The number of anilines is 1. The van der Waals surface area contributed by atoms with Crippen molar-refractivity contribution in [1.29, 1.82) is 5.26 Å². The number of nitrogen functional groups attached to an aromatic ring is 1.